The van der Waals surface area contributed by atoms with Gasteiger partial charge in [-0.1, -0.05) is 10.6 Å². The van der Waals surface area contributed by atoms with Gasteiger partial charge < -0.3 is 10.2 Å². The van der Waals surface area contributed by atoms with E-state index < -0.39 is 5.63 Å². The molecule has 16 heavy (non-hydrogen) atoms. The Labute approximate surface area is 92.0 Å². The third-order valence-electron chi connectivity index (χ3n) is 1.99. The third kappa shape index (κ3) is 2.63. The van der Waals surface area contributed by atoms with Crippen molar-refractivity contribution in [1.29, 1.82) is 0 Å². The van der Waals surface area contributed by atoms with Crippen molar-refractivity contribution in [3.63, 3.8) is 0 Å². The molecule has 86 valence electrons. The highest BCUT2D eigenvalue weighted by Gasteiger charge is 2.21. The number of terminal acetylenes is 1. The summed E-state index contributed by atoms with van der Waals surface area (Å²) in [5, 5.41) is 4.85. The molecular formula is C9H13N4O3+. The Kier molecular flexibility index (Phi) is 3.72. The number of urea groups is 1. The molecule has 0 aliphatic heterocycles. The second-order valence-electron chi connectivity index (χ2n) is 3.21. The molecule has 0 saturated heterocycles. The molecule has 1 aromatic heterocycles. The van der Waals surface area contributed by atoms with Gasteiger partial charge in [0, 0.05) is 7.05 Å². The predicted molar refractivity (Wildman–Crippen MR) is 54.2 cm³/mol. The van der Waals surface area contributed by atoms with Crippen molar-refractivity contribution >= 4 is 6.03 Å². The van der Waals surface area contributed by atoms with Crippen LogP contribution in [-0.4, -0.2) is 29.8 Å². The van der Waals surface area contributed by atoms with Crippen LogP contribution < -0.4 is 15.6 Å². The zero-order valence-corrected chi connectivity index (χ0v) is 9.11. The molecule has 0 bridgehead atoms. The fourth-order valence-corrected chi connectivity index (χ4v) is 1.09. The molecule has 0 atom stereocenters. The first-order chi connectivity index (χ1) is 7.56. The molecule has 1 rings (SSSR count). The van der Waals surface area contributed by atoms with Gasteiger partial charge in [-0.25, -0.2) is 9.59 Å². The smallest absolute Gasteiger partial charge is 0.327 e. The average Bonchev–Trinajstić information content (AvgIpc) is 2.57. The Morgan fingerprint density at radius 3 is 2.94 bits per heavy atom. The van der Waals surface area contributed by atoms with Crippen molar-refractivity contribution in [1.82, 2.24) is 15.5 Å². The highest BCUT2D eigenvalue weighted by Crippen LogP contribution is 1.91. The number of hydrogen-bond acceptors (Lipinski definition) is 3. The van der Waals surface area contributed by atoms with Gasteiger partial charge >= 0.3 is 17.4 Å². The number of hydrogen-bond donors (Lipinski definition) is 2. The summed E-state index contributed by atoms with van der Waals surface area (Å²) in [4.78, 5) is 24.0. The molecule has 1 heterocycles. The molecule has 7 heteroatoms. The minimum Gasteiger partial charge on any atom is -0.327 e. The zero-order valence-electron chi connectivity index (χ0n) is 9.11. The summed E-state index contributed by atoms with van der Waals surface area (Å²) in [6.07, 6.45) is 5.00. The molecule has 0 aromatic carbocycles. The summed E-state index contributed by atoms with van der Waals surface area (Å²) < 4.78 is 5.96. The van der Waals surface area contributed by atoms with Crippen LogP contribution in [0, 0.1) is 12.3 Å². The lowest BCUT2D eigenvalue weighted by atomic mass is 10.4. The van der Waals surface area contributed by atoms with Gasteiger partial charge in [0.2, 0.25) is 0 Å². The van der Waals surface area contributed by atoms with Crippen LogP contribution in [0.5, 0.6) is 0 Å². The summed E-state index contributed by atoms with van der Waals surface area (Å²) in [5.74, 6) is 2.28. The standard InChI is InChI=1S/C9H12N4O3/c1-4-5-10-9(15)12(2)6-7-8(14)16-11-13(7)3/h1H,5-6H2,2-3H3,(H-,10,11,14,15)/p+1. The summed E-state index contributed by atoms with van der Waals surface area (Å²) in [6, 6.07) is -0.349. The molecule has 2 amide bonds. The van der Waals surface area contributed by atoms with Crippen molar-refractivity contribution < 1.29 is 14.0 Å². The van der Waals surface area contributed by atoms with E-state index in [1.807, 2.05) is 0 Å². The Morgan fingerprint density at radius 2 is 2.44 bits per heavy atom. The van der Waals surface area contributed by atoms with Crippen molar-refractivity contribution in [2.75, 3.05) is 13.6 Å². The number of nitrogens with zero attached hydrogens (tertiary/aromatic N) is 2. The van der Waals surface area contributed by atoms with E-state index in [4.69, 9.17) is 6.42 Å². The van der Waals surface area contributed by atoms with Crippen molar-refractivity contribution in [3.05, 3.63) is 16.1 Å². The van der Waals surface area contributed by atoms with Gasteiger partial charge in [0.05, 0.1) is 6.54 Å². The molecule has 7 nitrogen and oxygen atoms in total. The molecule has 1 aromatic rings. The van der Waals surface area contributed by atoms with Crippen LogP contribution in [-0.2, 0) is 13.6 Å². The lowest BCUT2D eigenvalue weighted by molar-refractivity contribution is -0.746. The van der Waals surface area contributed by atoms with Crippen LogP contribution in [0.25, 0.3) is 0 Å². The number of aryl methyl sites for hydroxylation is 1. The maximum atomic E-state index is 11.4. The van der Waals surface area contributed by atoms with E-state index in [0.29, 0.717) is 5.69 Å². The van der Waals surface area contributed by atoms with Gasteiger partial charge in [-0.05, 0) is 5.27 Å². The normalized spacial score (nSPS) is 9.56. The zero-order chi connectivity index (χ0) is 12.1. The molecule has 0 radical (unpaired) electrons. The van der Waals surface area contributed by atoms with Crippen molar-refractivity contribution in [3.8, 4) is 12.3 Å². The Morgan fingerprint density at radius 1 is 1.75 bits per heavy atom. The molecule has 0 spiro atoms. The van der Waals surface area contributed by atoms with Crippen LogP contribution in [0.1, 0.15) is 5.69 Å². The van der Waals surface area contributed by atoms with Crippen LogP contribution in [0.15, 0.2) is 9.32 Å². The number of amides is 2. The van der Waals surface area contributed by atoms with Crippen LogP contribution in [0.3, 0.4) is 0 Å². The van der Waals surface area contributed by atoms with Gasteiger partial charge in [-0.15, -0.1) is 6.42 Å². The van der Waals surface area contributed by atoms with E-state index in [9.17, 15) is 9.59 Å². The summed E-state index contributed by atoms with van der Waals surface area (Å²) in [6.45, 7) is 0.287. The summed E-state index contributed by atoms with van der Waals surface area (Å²) in [5.41, 5.74) is -0.155. The molecule has 0 fully saturated rings. The number of nitrogens with one attached hydrogen (secondary N) is 2. The minimum absolute atomic E-state index is 0.138. The molecular weight excluding hydrogens is 212 g/mol. The highest BCUT2D eigenvalue weighted by molar-refractivity contribution is 5.73. The Bertz CT molecular complexity index is 468. The average molecular weight is 225 g/mol. The summed E-state index contributed by atoms with van der Waals surface area (Å²) >= 11 is 0. The van der Waals surface area contributed by atoms with E-state index in [1.54, 1.807) is 14.1 Å². The van der Waals surface area contributed by atoms with Gasteiger partial charge in [-0.2, -0.15) is 0 Å². The number of aromatic amines is 1. The maximum Gasteiger partial charge on any atom is 0.431 e. The lowest BCUT2D eigenvalue weighted by Gasteiger charge is -2.13. The Hall–Kier alpha value is -2.23. The quantitative estimate of drug-likeness (QED) is 0.488. The first kappa shape index (κ1) is 11.8. The van der Waals surface area contributed by atoms with E-state index >= 15 is 0 Å². The van der Waals surface area contributed by atoms with E-state index in [2.05, 4.69) is 21.0 Å². The highest BCUT2D eigenvalue weighted by atomic mass is 16.5. The van der Waals surface area contributed by atoms with Crippen molar-refractivity contribution in [2.45, 2.75) is 6.54 Å². The molecule has 0 aliphatic carbocycles. The molecule has 0 saturated carbocycles. The monoisotopic (exact) mass is 225 g/mol. The van der Waals surface area contributed by atoms with E-state index in [-0.39, 0.29) is 19.1 Å². The lowest BCUT2D eigenvalue weighted by Crippen LogP contribution is -2.43. The molecule has 2 N–H and O–H groups in total. The summed E-state index contributed by atoms with van der Waals surface area (Å²) in [7, 11) is 3.17. The fourth-order valence-electron chi connectivity index (χ4n) is 1.09. The second-order valence-corrected chi connectivity index (χ2v) is 3.21. The van der Waals surface area contributed by atoms with Gasteiger partial charge in [0.1, 0.15) is 6.54 Å². The van der Waals surface area contributed by atoms with Crippen LogP contribution in [0.4, 0.5) is 4.79 Å². The largest absolute Gasteiger partial charge is 0.431 e. The number of aromatic nitrogens is 2. The third-order valence-corrected chi connectivity index (χ3v) is 1.99. The van der Waals surface area contributed by atoms with Gasteiger partial charge in [-0.3, -0.25) is 4.52 Å². The maximum absolute atomic E-state index is 11.4. The number of rotatable bonds is 3. The Balaban J connectivity index is 2.65. The number of carbonyl (C=O) groups excluding carboxylic acids is 1. The number of H-pyrrole nitrogens is 1. The predicted octanol–water partition coefficient (Wildman–Crippen LogP) is -1.43. The fraction of sp³-hybridized carbons (Fsp3) is 0.444. The van der Waals surface area contributed by atoms with E-state index in [1.165, 1.54) is 9.58 Å². The van der Waals surface area contributed by atoms with Crippen LogP contribution >= 0.6 is 0 Å². The van der Waals surface area contributed by atoms with Gasteiger partial charge in [0.25, 0.3) is 0 Å². The van der Waals surface area contributed by atoms with Crippen LogP contribution in [0.2, 0.25) is 0 Å². The minimum atomic E-state index is -0.501. The van der Waals surface area contributed by atoms with Gasteiger partial charge in [0.15, 0.2) is 7.05 Å². The molecule has 0 unspecified atom stereocenters. The van der Waals surface area contributed by atoms with Crippen molar-refractivity contribution in [2.24, 2.45) is 7.05 Å². The topological polar surface area (TPSA) is 82.2 Å². The first-order valence-corrected chi connectivity index (χ1v) is 4.55. The SMILES string of the molecule is C#CCNC(=O)N(C)Cc1c(=O)o[nH][n+]1C. The first-order valence-electron chi connectivity index (χ1n) is 4.55. The second kappa shape index (κ2) is 5.02. The number of carbonyl (C=O) groups is 1. The van der Waals surface area contributed by atoms with E-state index in [0.717, 1.165) is 0 Å². The molecule has 0 aliphatic rings.